The van der Waals surface area contributed by atoms with Crippen LogP contribution in [0.3, 0.4) is 0 Å². The van der Waals surface area contributed by atoms with E-state index >= 15 is 0 Å². The highest BCUT2D eigenvalue weighted by Crippen LogP contribution is 2.18. The normalized spacial score (nSPS) is 14.3. The average Bonchev–Trinajstić information content (AvgIpc) is 3.44. The average molecular weight is 523 g/mol. The van der Waals surface area contributed by atoms with E-state index in [1.807, 2.05) is 30.3 Å². The third-order valence-electron chi connectivity index (χ3n) is 6.15. The second-order valence-corrected chi connectivity index (χ2v) is 9.15. The summed E-state index contributed by atoms with van der Waals surface area (Å²) < 4.78 is 0. The Balaban J connectivity index is 1.40. The smallest absolute Gasteiger partial charge is 0.257 e. The molecule has 0 unspecified atom stereocenters. The fraction of sp³-hybridized carbons (Fsp3) is 0.269. The molecule has 4 rings (SSSR count). The zero-order valence-electron chi connectivity index (χ0n) is 20.3. The van der Waals surface area contributed by atoms with Crippen molar-refractivity contribution in [3.8, 4) is 0 Å². The molecule has 0 bridgehead atoms. The van der Waals surface area contributed by atoms with Crippen LogP contribution in [-0.4, -0.2) is 82.9 Å². The molecule has 2 heterocycles. The number of benzene rings is 2. The number of likely N-dealkylation sites (N-methyl/N-ethyl adjacent to an activating group) is 1. The van der Waals surface area contributed by atoms with Crippen molar-refractivity contribution in [2.45, 2.75) is 12.5 Å². The molecule has 1 aromatic heterocycles. The molecule has 0 saturated carbocycles. The topological polar surface area (TPSA) is 119 Å². The highest BCUT2D eigenvalue weighted by molar-refractivity contribution is 6.30. The first kappa shape index (κ1) is 25.9. The summed E-state index contributed by atoms with van der Waals surface area (Å²) >= 11 is 5.97. The van der Waals surface area contributed by atoms with Crippen molar-refractivity contribution >= 4 is 40.9 Å². The van der Waals surface area contributed by atoms with E-state index in [4.69, 9.17) is 11.6 Å². The van der Waals surface area contributed by atoms with Gasteiger partial charge in [-0.15, -0.1) is 0 Å². The lowest BCUT2D eigenvalue weighted by Gasteiger charge is -2.34. The van der Waals surface area contributed by atoms with Crippen LogP contribution in [0.15, 0.2) is 67.0 Å². The van der Waals surface area contributed by atoms with Gasteiger partial charge in [0.05, 0.1) is 18.3 Å². The second kappa shape index (κ2) is 11.7. The summed E-state index contributed by atoms with van der Waals surface area (Å²) in [5.74, 6) is -1.41. The number of anilines is 1. The molecule has 2 aromatic carbocycles. The van der Waals surface area contributed by atoms with Crippen molar-refractivity contribution in [1.29, 1.82) is 0 Å². The van der Waals surface area contributed by atoms with Crippen molar-refractivity contribution in [2.24, 2.45) is 0 Å². The number of rotatable bonds is 8. The molecular formula is C26H27ClN6O4. The van der Waals surface area contributed by atoms with Crippen molar-refractivity contribution in [3.05, 3.63) is 83.1 Å². The van der Waals surface area contributed by atoms with Gasteiger partial charge in [-0.25, -0.2) is 0 Å². The Morgan fingerprint density at radius 1 is 1.11 bits per heavy atom. The molecule has 0 spiro atoms. The van der Waals surface area contributed by atoms with Gasteiger partial charge in [0.15, 0.2) is 0 Å². The van der Waals surface area contributed by atoms with Crippen LogP contribution in [0.2, 0.25) is 5.02 Å². The first-order chi connectivity index (χ1) is 17.8. The Morgan fingerprint density at radius 3 is 2.49 bits per heavy atom. The summed E-state index contributed by atoms with van der Waals surface area (Å²) in [6.45, 7) is 0.144. The lowest BCUT2D eigenvalue weighted by atomic mass is 10.0. The largest absolute Gasteiger partial charge is 0.342 e. The minimum atomic E-state index is -0.852. The molecule has 1 aliphatic heterocycles. The van der Waals surface area contributed by atoms with E-state index in [1.54, 1.807) is 31.3 Å². The van der Waals surface area contributed by atoms with Gasteiger partial charge in [-0.2, -0.15) is 5.10 Å². The molecule has 2 N–H and O–H groups in total. The van der Waals surface area contributed by atoms with Gasteiger partial charge in [0.1, 0.15) is 12.6 Å². The SMILES string of the molecule is CN(C(=O)[C@H](Cc1ccccc1)NC(=O)CN1CCN(C(=O)c2cn[nH]c2)CC1=O)c1ccc(Cl)cc1. The molecule has 0 aliphatic carbocycles. The number of amides is 4. The first-order valence-corrected chi connectivity index (χ1v) is 12.1. The third kappa shape index (κ3) is 6.53. The van der Waals surface area contributed by atoms with E-state index in [2.05, 4.69) is 15.5 Å². The van der Waals surface area contributed by atoms with E-state index in [9.17, 15) is 19.2 Å². The summed E-state index contributed by atoms with van der Waals surface area (Å²) in [7, 11) is 1.63. The number of aromatic nitrogens is 2. The Kier molecular flexibility index (Phi) is 8.19. The maximum absolute atomic E-state index is 13.4. The van der Waals surface area contributed by atoms with Gasteiger partial charge < -0.3 is 20.0 Å². The van der Waals surface area contributed by atoms with E-state index in [-0.39, 0.29) is 50.3 Å². The van der Waals surface area contributed by atoms with Gasteiger partial charge in [0.2, 0.25) is 17.7 Å². The highest BCUT2D eigenvalue weighted by atomic mass is 35.5. The number of carbonyl (C=O) groups excluding carboxylic acids is 4. The molecule has 1 fully saturated rings. The standard InChI is InChI=1S/C26H27ClN6O4/c1-31(21-9-7-20(27)8-10-21)26(37)22(13-18-5-3-2-4-6-18)30-23(34)16-32-11-12-33(17-24(32)35)25(36)19-14-28-29-15-19/h2-10,14-15,22H,11-13,16-17H2,1H3,(H,28,29)(H,30,34)/t22-/m0/s1. The maximum Gasteiger partial charge on any atom is 0.257 e. The minimum Gasteiger partial charge on any atom is -0.342 e. The van der Waals surface area contributed by atoms with Crippen molar-refractivity contribution in [3.63, 3.8) is 0 Å². The molecule has 3 aromatic rings. The van der Waals surface area contributed by atoms with Crippen LogP contribution in [0.5, 0.6) is 0 Å². The number of nitrogens with zero attached hydrogens (tertiary/aromatic N) is 4. The number of hydrogen-bond acceptors (Lipinski definition) is 5. The summed E-state index contributed by atoms with van der Waals surface area (Å²) in [6.07, 6.45) is 3.15. The Labute approximate surface area is 219 Å². The van der Waals surface area contributed by atoms with Gasteiger partial charge in [-0.05, 0) is 29.8 Å². The van der Waals surface area contributed by atoms with E-state index < -0.39 is 11.9 Å². The third-order valence-corrected chi connectivity index (χ3v) is 6.40. The van der Waals surface area contributed by atoms with Gasteiger partial charge in [-0.1, -0.05) is 41.9 Å². The predicted molar refractivity (Wildman–Crippen MR) is 138 cm³/mol. The van der Waals surface area contributed by atoms with Gasteiger partial charge >= 0.3 is 0 Å². The molecule has 1 saturated heterocycles. The number of piperazine rings is 1. The Hall–Kier alpha value is -4.18. The van der Waals surface area contributed by atoms with Crippen molar-refractivity contribution in [1.82, 2.24) is 25.3 Å². The summed E-state index contributed by atoms with van der Waals surface area (Å²) in [6, 6.07) is 15.4. The first-order valence-electron chi connectivity index (χ1n) is 11.7. The van der Waals surface area contributed by atoms with Gasteiger partial charge in [0.25, 0.3) is 5.91 Å². The van der Waals surface area contributed by atoms with Crippen molar-refractivity contribution < 1.29 is 19.2 Å². The fourth-order valence-corrected chi connectivity index (χ4v) is 4.21. The molecule has 0 radical (unpaired) electrons. The molecule has 192 valence electrons. The number of nitrogens with one attached hydrogen (secondary N) is 2. The van der Waals surface area contributed by atoms with Crippen LogP contribution in [-0.2, 0) is 20.8 Å². The Bertz CT molecular complexity index is 1250. The predicted octanol–water partition coefficient (Wildman–Crippen LogP) is 1.74. The zero-order valence-corrected chi connectivity index (χ0v) is 21.0. The quantitative estimate of drug-likeness (QED) is 0.467. The number of carbonyl (C=O) groups is 4. The molecular weight excluding hydrogens is 496 g/mol. The monoisotopic (exact) mass is 522 g/mol. The van der Waals surface area contributed by atoms with Crippen LogP contribution in [0, 0.1) is 0 Å². The van der Waals surface area contributed by atoms with E-state index in [0.29, 0.717) is 16.3 Å². The lowest BCUT2D eigenvalue weighted by Crippen LogP contribution is -2.56. The molecule has 1 atom stereocenters. The zero-order chi connectivity index (χ0) is 26.4. The van der Waals surface area contributed by atoms with Crippen LogP contribution >= 0.6 is 11.6 Å². The van der Waals surface area contributed by atoms with Crippen LogP contribution in [0.25, 0.3) is 0 Å². The van der Waals surface area contributed by atoms with Gasteiger partial charge in [-0.3, -0.25) is 24.3 Å². The molecule has 37 heavy (non-hydrogen) atoms. The number of H-pyrrole nitrogens is 1. The fourth-order valence-electron chi connectivity index (χ4n) is 4.09. The molecule has 10 nitrogen and oxygen atoms in total. The number of aromatic amines is 1. The van der Waals surface area contributed by atoms with Crippen molar-refractivity contribution in [2.75, 3.05) is 38.1 Å². The highest BCUT2D eigenvalue weighted by Gasteiger charge is 2.31. The maximum atomic E-state index is 13.4. The van der Waals surface area contributed by atoms with Crippen LogP contribution in [0.4, 0.5) is 5.69 Å². The summed E-state index contributed by atoms with van der Waals surface area (Å²) in [5.41, 5.74) is 1.88. The number of hydrogen-bond donors (Lipinski definition) is 2. The Morgan fingerprint density at radius 2 is 1.84 bits per heavy atom. The van der Waals surface area contributed by atoms with Crippen LogP contribution < -0.4 is 10.2 Å². The molecule has 1 aliphatic rings. The van der Waals surface area contributed by atoms with E-state index in [1.165, 1.54) is 27.1 Å². The number of halogens is 1. The minimum absolute atomic E-state index is 0.136. The summed E-state index contributed by atoms with van der Waals surface area (Å²) in [5, 5.41) is 9.70. The van der Waals surface area contributed by atoms with E-state index in [0.717, 1.165) is 5.56 Å². The summed E-state index contributed by atoms with van der Waals surface area (Å²) in [4.78, 5) is 55.8. The molecule has 11 heteroatoms. The lowest BCUT2D eigenvalue weighted by molar-refractivity contribution is -0.139. The van der Waals surface area contributed by atoms with Crippen LogP contribution in [0.1, 0.15) is 15.9 Å². The van der Waals surface area contributed by atoms with Gasteiger partial charge in [0, 0.05) is 43.5 Å². The molecule has 4 amide bonds. The second-order valence-electron chi connectivity index (χ2n) is 8.71.